The van der Waals surface area contributed by atoms with Gasteiger partial charge in [-0.15, -0.1) is 0 Å². The molecule has 0 radical (unpaired) electrons. The zero-order chi connectivity index (χ0) is 15.5. The molecule has 2 nitrogen and oxygen atoms in total. The molecular formula is C15H10ClF3N2. The van der Waals surface area contributed by atoms with Gasteiger partial charge < -0.3 is 5.32 Å². The first-order valence-corrected chi connectivity index (χ1v) is 6.37. The van der Waals surface area contributed by atoms with E-state index in [1.165, 1.54) is 42.5 Å². The molecule has 0 aliphatic rings. The molecule has 21 heavy (non-hydrogen) atoms. The van der Waals surface area contributed by atoms with Gasteiger partial charge >= 0.3 is 6.18 Å². The molecule has 2 rings (SSSR count). The van der Waals surface area contributed by atoms with Gasteiger partial charge in [0.15, 0.2) is 0 Å². The Morgan fingerprint density at radius 3 is 2.33 bits per heavy atom. The Hall–Kier alpha value is -2.19. The van der Waals surface area contributed by atoms with Crippen LogP contribution in [-0.4, -0.2) is 6.18 Å². The maximum absolute atomic E-state index is 13.2. The van der Waals surface area contributed by atoms with Crippen LogP contribution in [0.5, 0.6) is 0 Å². The minimum atomic E-state index is -4.49. The van der Waals surface area contributed by atoms with Crippen LogP contribution < -0.4 is 5.32 Å². The minimum Gasteiger partial charge on any atom is -0.369 e. The number of benzene rings is 2. The average Bonchev–Trinajstić information content (AvgIpc) is 2.46. The summed E-state index contributed by atoms with van der Waals surface area (Å²) in [5.41, 5.74) is 0.376. The number of rotatable bonds is 3. The molecule has 0 bridgehead atoms. The summed E-state index contributed by atoms with van der Waals surface area (Å²) in [6.07, 6.45) is -4.49. The Morgan fingerprint density at radius 2 is 1.76 bits per heavy atom. The van der Waals surface area contributed by atoms with Gasteiger partial charge in [-0.3, -0.25) is 0 Å². The lowest BCUT2D eigenvalue weighted by atomic mass is 10.1. The van der Waals surface area contributed by atoms with Gasteiger partial charge in [0.05, 0.1) is 22.3 Å². The van der Waals surface area contributed by atoms with Crippen LogP contribution in [0.4, 0.5) is 18.9 Å². The summed E-state index contributed by atoms with van der Waals surface area (Å²) >= 11 is 5.90. The van der Waals surface area contributed by atoms with Crippen molar-refractivity contribution in [1.82, 2.24) is 0 Å². The van der Waals surface area contributed by atoms with Gasteiger partial charge in [0, 0.05) is 0 Å². The van der Waals surface area contributed by atoms with Gasteiger partial charge in [-0.25, -0.2) is 0 Å². The number of halogens is 4. The van der Waals surface area contributed by atoms with Gasteiger partial charge in [-0.05, 0) is 23.8 Å². The third kappa shape index (κ3) is 3.67. The SMILES string of the molecule is N#Cc1ccc(Cl)c(NC(c2ccccc2)C(F)(F)F)c1. The lowest BCUT2D eigenvalue weighted by molar-refractivity contribution is -0.144. The molecule has 1 atom stereocenters. The maximum Gasteiger partial charge on any atom is 0.412 e. The van der Waals surface area contributed by atoms with Crippen molar-refractivity contribution in [2.45, 2.75) is 12.2 Å². The second-order valence-corrected chi connectivity index (χ2v) is 4.74. The van der Waals surface area contributed by atoms with E-state index in [2.05, 4.69) is 5.32 Å². The number of nitrogens with zero attached hydrogens (tertiary/aromatic N) is 1. The van der Waals surface area contributed by atoms with Crippen molar-refractivity contribution < 1.29 is 13.2 Å². The Kier molecular flexibility index (Phi) is 4.39. The highest BCUT2D eigenvalue weighted by molar-refractivity contribution is 6.33. The number of nitrogens with one attached hydrogen (secondary N) is 1. The van der Waals surface area contributed by atoms with Crippen molar-refractivity contribution in [3.05, 3.63) is 64.7 Å². The predicted molar refractivity (Wildman–Crippen MR) is 75.0 cm³/mol. The molecule has 0 aromatic heterocycles. The lowest BCUT2D eigenvalue weighted by Crippen LogP contribution is -2.28. The van der Waals surface area contributed by atoms with E-state index in [4.69, 9.17) is 16.9 Å². The molecule has 108 valence electrons. The van der Waals surface area contributed by atoms with Crippen LogP contribution in [0.2, 0.25) is 5.02 Å². The largest absolute Gasteiger partial charge is 0.412 e. The Labute approximate surface area is 124 Å². The third-order valence-electron chi connectivity index (χ3n) is 2.86. The summed E-state index contributed by atoms with van der Waals surface area (Å²) in [7, 11) is 0. The summed E-state index contributed by atoms with van der Waals surface area (Å²) < 4.78 is 39.7. The van der Waals surface area contributed by atoms with Crippen molar-refractivity contribution >= 4 is 17.3 Å². The summed E-state index contributed by atoms with van der Waals surface area (Å²) in [4.78, 5) is 0. The monoisotopic (exact) mass is 310 g/mol. The quantitative estimate of drug-likeness (QED) is 0.872. The topological polar surface area (TPSA) is 35.8 Å². The Bertz CT molecular complexity index is 663. The van der Waals surface area contributed by atoms with Gasteiger partial charge in [0.2, 0.25) is 0 Å². The molecule has 0 amide bonds. The second kappa shape index (κ2) is 6.06. The normalized spacial score (nSPS) is 12.5. The number of nitriles is 1. The van der Waals surface area contributed by atoms with Crippen molar-refractivity contribution in [2.24, 2.45) is 0 Å². The van der Waals surface area contributed by atoms with Crippen LogP contribution >= 0.6 is 11.6 Å². The van der Waals surface area contributed by atoms with E-state index in [0.717, 1.165) is 0 Å². The van der Waals surface area contributed by atoms with E-state index in [-0.39, 0.29) is 21.8 Å². The van der Waals surface area contributed by atoms with Crippen LogP contribution in [0.15, 0.2) is 48.5 Å². The molecule has 0 spiro atoms. The van der Waals surface area contributed by atoms with Crippen LogP contribution in [-0.2, 0) is 0 Å². The van der Waals surface area contributed by atoms with Crippen molar-refractivity contribution in [3.8, 4) is 6.07 Å². The molecule has 0 aliphatic heterocycles. The lowest BCUT2D eigenvalue weighted by Gasteiger charge is -2.23. The van der Waals surface area contributed by atoms with Crippen molar-refractivity contribution in [3.63, 3.8) is 0 Å². The zero-order valence-corrected chi connectivity index (χ0v) is 11.4. The highest BCUT2D eigenvalue weighted by Gasteiger charge is 2.41. The standard InChI is InChI=1S/C15H10ClF3N2/c16-12-7-6-10(9-20)8-13(12)21-14(15(17,18)19)11-4-2-1-3-5-11/h1-8,14,21H. The zero-order valence-electron chi connectivity index (χ0n) is 10.7. The van der Waals surface area contributed by atoms with Gasteiger partial charge in [-0.1, -0.05) is 41.9 Å². The second-order valence-electron chi connectivity index (χ2n) is 4.34. The van der Waals surface area contributed by atoms with Crippen LogP contribution in [0.3, 0.4) is 0 Å². The van der Waals surface area contributed by atoms with Crippen LogP contribution in [0, 0.1) is 11.3 Å². The molecular weight excluding hydrogens is 301 g/mol. The van der Waals surface area contributed by atoms with Gasteiger partial charge in [-0.2, -0.15) is 18.4 Å². The van der Waals surface area contributed by atoms with E-state index in [1.54, 1.807) is 6.07 Å². The molecule has 0 saturated carbocycles. The fraction of sp³-hybridized carbons (Fsp3) is 0.133. The molecule has 2 aromatic carbocycles. The fourth-order valence-corrected chi connectivity index (χ4v) is 2.03. The molecule has 0 heterocycles. The first-order chi connectivity index (χ1) is 9.91. The van der Waals surface area contributed by atoms with E-state index < -0.39 is 12.2 Å². The Morgan fingerprint density at radius 1 is 1.10 bits per heavy atom. The summed E-state index contributed by atoms with van der Waals surface area (Å²) in [5, 5.41) is 11.3. The highest BCUT2D eigenvalue weighted by Crippen LogP contribution is 2.37. The average molecular weight is 311 g/mol. The highest BCUT2D eigenvalue weighted by atomic mass is 35.5. The minimum absolute atomic E-state index is 0.0712. The third-order valence-corrected chi connectivity index (χ3v) is 3.19. The molecule has 0 aliphatic carbocycles. The first kappa shape index (κ1) is 15.2. The number of hydrogen-bond acceptors (Lipinski definition) is 2. The van der Waals surface area contributed by atoms with E-state index in [9.17, 15) is 13.2 Å². The van der Waals surface area contributed by atoms with E-state index in [1.807, 2.05) is 6.07 Å². The molecule has 2 aromatic rings. The van der Waals surface area contributed by atoms with Crippen molar-refractivity contribution in [2.75, 3.05) is 5.32 Å². The number of hydrogen-bond donors (Lipinski definition) is 1. The van der Waals surface area contributed by atoms with Crippen LogP contribution in [0.1, 0.15) is 17.2 Å². The Balaban J connectivity index is 2.39. The van der Waals surface area contributed by atoms with E-state index >= 15 is 0 Å². The predicted octanol–water partition coefficient (Wildman–Crippen LogP) is 4.93. The van der Waals surface area contributed by atoms with Gasteiger partial charge in [0.25, 0.3) is 0 Å². The molecule has 0 fully saturated rings. The van der Waals surface area contributed by atoms with E-state index in [0.29, 0.717) is 0 Å². The maximum atomic E-state index is 13.2. The summed E-state index contributed by atoms with van der Waals surface area (Å²) in [6.45, 7) is 0. The molecule has 1 N–H and O–H groups in total. The molecule has 6 heteroatoms. The van der Waals surface area contributed by atoms with Crippen molar-refractivity contribution in [1.29, 1.82) is 5.26 Å². The smallest absolute Gasteiger partial charge is 0.369 e. The number of anilines is 1. The van der Waals surface area contributed by atoms with Gasteiger partial charge in [0.1, 0.15) is 6.04 Å². The molecule has 0 saturated heterocycles. The fourth-order valence-electron chi connectivity index (χ4n) is 1.86. The number of alkyl halides is 3. The summed E-state index contributed by atoms with van der Waals surface area (Å²) in [5.74, 6) is 0. The summed E-state index contributed by atoms with van der Waals surface area (Å²) in [6, 6.07) is 11.6. The van der Waals surface area contributed by atoms with Crippen LogP contribution in [0.25, 0.3) is 0 Å². The molecule has 1 unspecified atom stereocenters. The first-order valence-electron chi connectivity index (χ1n) is 5.99.